The van der Waals surface area contributed by atoms with Gasteiger partial charge in [-0.15, -0.1) is 0 Å². The maximum absolute atomic E-state index is 13.7. The lowest BCUT2D eigenvalue weighted by molar-refractivity contribution is -0.117. The van der Waals surface area contributed by atoms with Crippen LogP contribution in [0.25, 0.3) is 0 Å². The Labute approximate surface area is 149 Å². The third-order valence-electron chi connectivity index (χ3n) is 3.46. The van der Waals surface area contributed by atoms with Gasteiger partial charge in [0, 0.05) is 6.54 Å². The first kappa shape index (κ1) is 19.6. The standard InChI is InChI=1S/C18H19F3N2O3/c1-23(10-12-7-8-15(25-2)13(19)9-12)11-17(24)22-14-5-3-4-6-16(14)26-18(20)21/h3-9,18H,10-11H2,1-2H3,(H,22,24). The number of anilines is 1. The minimum Gasteiger partial charge on any atom is -0.494 e. The molecule has 0 saturated carbocycles. The first-order valence-corrected chi connectivity index (χ1v) is 7.73. The Bertz CT molecular complexity index is 756. The van der Waals surface area contributed by atoms with Crippen molar-refractivity contribution in [3.05, 3.63) is 53.8 Å². The molecule has 0 saturated heterocycles. The molecule has 0 fully saturated rings. The minimum atomic E-state index is -2.99. The molecule has 0 aliphatic rings. The monoisotopic (exact) mass is 368 g/mol. The van der Waals surface area contributed by atoms with Crippen LogP contribution >= 0.6 is 0 Å². The van der Waals surface area contributed by atoms with Crippen molar-refractivity contribution in [2.45, 2.75) is 13.2 Å². The second-order valence-electron chi connectivity index (χ2n) is 5.56. The van der Waals surface area contributed by atoms with Crippen molar-refractivity contribution >= 4 is 11.6 Å². The summed E-state index contributed by atoms with van der Waals surface area (Å²) < 4.78 is 47.7. The van der Waals surface area contributed by atoms with Gasteiger partial charge in [0.1, 0.15) is 5.75 Å². The molecule has 0 bridgehead atoms. The number of carbonyl (C=O) groups is 1. The van der Waals surface area contributed by atoms with E-state index in [1.807, 2.05) is 0 Å². The molecule has 140 valence electrons. The van der Waals surface area contributed by atoms with E-state index in [-0.39, 0.29) is 23.7 Å². The number of rotatable bonds is 8. The van der Waals surface area contributed by atoms with Crippen LogP contribution in [0.1, 0.15) is 5.56 Å². The summed E-state index contributed by atoms with van der Waals surface area (Å²) in [6.45, 7) is -2.68. The van der Waals surface area contributed by atoms with Crippen LogP contribution in [0.3, 0.4) is 0 Å². The molecule has 2 aromatic rings. The van der Waals surface area contributed by atoms with Gasteiger partial charge in [0.05, 0.1) is 19.3 Å². The first-order chi connectivity index (χ1) is 12.4. The van der Waals surface area contributed by atoms with Crippen LogP contribution in [0, 0.1) is 5.82 Å². The zero-order valence-electron chi connectivity index (χ0n) is 14.3. The molecule has 0 aromatic heterocycles. The number of nitrogens with zero attached hydrogens (tertiary/aromatic N) is 1. The Hall–Kier alpha value is -2.74. The van der Waals surface area contributed by atoms with Crippen LogP contribution in [-0.4, -0.2) is 38.1 Å². The fourth-order valence-corrected chi connectivity index (χ4v) is 2.38. The summed E-state index contributed by atoms with van der Waals surface area (Å²) in [4.78, 5) is 13.8. The summed E-state index contributed by atoms with van der Waals surface area (Å²) in [6.07, 6.45) is 0. The van der Waals surface area contributed by atoms with Gasteiger partial charge in [0.15, 0.2) is 11.6 Å². The van der Waals surface area contributed by atoms with Crippen LogP contribution in [0.15, 0.2) is 42.5 Å². The fourth-order valence-electron chi connectivity index (χ4n) is 2.38. The smallest absolute Gasteiger partial charge is 0.387 e. The summed E-state index contributed by atoms with van der Waals surface area (Å²) in [5, 5.41) is 2.53. The predicted octanol–water partition coefficient (Wildman–Crippen LogP) is 3.51. The maximum Gasteiger partial charge on any atom is 0.387 e. The lowest BCUT2D eigenvalue weighted by Crippen LogP contribution is -2.30. The van der Waals surface area contributed by atoms with Crippen LogP contribution in [0.4, 0.5) is 18.9 Å². The zero-order chi connectivity index (χ0) is 19.1. The van der Waals surface area contributed by atoms with Crippen molar-refractivity contribution in [2.24, 2.45) is 0 Å². The van der Waals surface area contributed by atoms with E-state index >= 15 is 0 Å². The van der Waals surface area contributed by atoms with Crippen molar-refractivity contribution in [3.8, 4) is 11.5 Å². The van der Waals surface area contributed by atoms with Gasteiger partial charge in [-0.3, -0.25) is 9.69 Å². The highest BCUT2D eigenvalue weighted by Gasteiger charge is 2.13. The number of methoxy groups -OCH3 is 1. The summed E-state index contributed by atoms with van der Waals surface area (Å²) in [6, 6.07) is 10.5. The molecule has 1 N–H and O–H groups in total. The number of benzene rings is 2. The van der Waals surface area contributed by atoms with E-state index in [0.29, 0.717) is 12.1 Å². The fraction of sp³-hybridized carbons (Fsp3) is 0.278. The average Bonchev–Trinajstić information content (AvgIpc) is 2.56. The SMILES string of the molecule is COc1ccc(CN(C)CC(=O)Nc2ccccc2OC(F)F)cc1F. The Kier molecular flexibility index (Phi) is 6.85. The normalized spacial score (nSPS) is 10.9. The summed E-state index contributed by atoms with van der Waals surface area (Å²) in [5.74, 6) is -0.867. The Morgan fingerprint density at radius 2 is 1.92 bits per heavy atom. The number of alkyl halides is 2. The van der Waals surface area contributed by atoms with Crippen LogP contribution in [0.5, 0.6) is 11.5 Å². The van der Waals surface area contributed by atoms with Crippen molar-refractivity contribution < 1.29 is 27.4 Å². The highest BCUT2D eigenvalue weighted by atomic mass is 19.3. The molecule has 0 spiro atoms. The van der Waals surface area contributed by atoms with Gasteiger partial charge in [0.2, 0.25) is 5.91 Å². The molecule has 0 atom stereocenters. The molecular weight excluding hydrogens is 349 g/mol. The lowest BCUT2D eigenvalue weighted by atomic mass is 10.2. The van der Waals surface area contributed by atoms with Gasteiger partial charge in [-0.25, -0.2) is 4.39 Å². The quantitative estimate of drug-likeness (QED) is 0.775. The van der Waals surface area contributed by atoms with E-state index < -0.39 is 18.3 Å². The van der Waals surface area contributed by atoms with Crippen LogP contribution in [0.2, 0.25) is 0 Å². The van der Waals surface area contributed by atoms with E-state index in [2.05, 4.69) is 10.1 Å². The highest BCUT2D eigenvalue weighted by molar-refractivity contribution is 5.93. The molecule has 26 heavy (non-hydrogen) atoms. The molecule has 0 aliphatic heterocycles. The average molecular weight is 368 g/mol. The molecule has 0 aliphatic carbocycles. The van der Waals surface area contributed by atoms with Gasteiger partial charge in [-0.2, -0.15) is 8.78 Å². The van der Waals surface area contributed by atoms with Gasteiger partial charge in [0.25, 0.3) is 0 Å². The Morgan fingerprint density at radius 1 is 1.19 bits per heavy atom. The molecule has 2 rings (SSSR count). The molecular formula is C18H19F3N2O3. The van der Waals surface area contributed by atoms with E-state index in [4.69, 9.17) is 4.74 Å². The molecule has 5 nitrogen and oxygen atoms in total. The minimum absolute atomic E-state index is 0.0172. The number of nitrogens with one attached hydrogen (secondary N) is 1. The highest BCUT2D eigenvalue weighted by Crippen LogP contribution is 2.25. The van der Waals surface area contributed by atoms with Crippen LogP contribution < -0.4 is 14.8 Å². The Balaban J connectivity index is 1.94. The van der Waals surface area contributed by atoms with E-state index in [0.717, 1.165) is 0 Å². The Morgan fingerprint density at radius 3 is 2.58 bits per heavy atom. The number of carbonyl (C=O) groups excluding carboxylic acids is 1. The van der Waals surface area contributed by atoms with Gasteiger partial charge in [-0.05, 0) is 36.9 Å². The topological polar surface area (TPSA) is 50.8 Å². The van der Waals surface area contributed by atoms with Gasteiger partial charge in [-0.1, -0.05) is 18.2 Å². The molecule has 0 unspecified atom stereocenters. The third-order valence-corrected chi connectivity index (χ3v) is 3.46. The largest absolute Gasteiger partial charge is 0.494 e. The zero-order valence-corrected chi connectivity index (χ0v) is 14.3. The first-order valence-electron chi connectivity index (χ1n) is 7.73. The van der Waals surface area contributed by atoms with E-state index in [1.165, 1.54) is 37.4 Å². The van der Waals surface area contributed by atoms with E-state index in [1.54, 1.807) is 24.1 Å². The van der Waals surface area contributed by atoms with Crippen molar-refractivity contribution in [3.63, 3.8) is 0 Å². The van der Waals surface area contributed by atoms with Gasteiger partial charge < -0.3 is 14.8 Å². The number of likely N-dealkylation sites (N-methyl/N-ethyl adjacent to an activating group) is 1. The van der Waals surface area contributed by atoms with Crippen molar-refractivity contribution in [1.29, 1.82) is 0 Å². The molecule has 1 amide bonds. The van der Waals surface area contributed by atoms with Crippen molar-refractivity contribution in [2.75, 3.05) is 26.0 Å². The van der Waals surface area contributed by atoms with Crippen LogP contribution in [-0.2, 0) is 11.3 Å². The summed E-state index contributed by atoms with van der Waals surface area (Å²) in [5.41, 5.74) is 0.821. The molecule has 8 heteroatoms. The predicted molar refractivity (Wildman–Crippen MR) is 91.0 cm³/mol. The number of hydrogen-bond acceptors (Lipinski definition) is 4. The van der Waals surface area contributed by atoms with E-state index in [9.17, 15) is 18.0 Å². The molecule has 2 aromatic carbocycles. The number of hydrogen-bond donors (Lipinski definition) is 1. The number of amides is 1. The molecule has 0 heterocycles. The lowest BCUT2D eigenvalue weighted by Gasteiger charge is -2.17. The number of para-hydroxylation sites is 2. The summed E-state index contributed by atoms with van der Waals surface area (Å²) >= 11 is 0. The van der Waals surface area contributed by atoms with Crippen molar-refractivity contribution in [1.82, 2.24) is 4.90 Å². The maximum atomic E-state index is 13.7. The van der Waals surface area contributed by atoms with Gasteiger partial charge >= 0.3 is 6.61 Å². The second kappa shape index (κ2) is 9.10. The number of ether oxygens (including phenoxy) is 2. The molecule has 0 radical (unpaired) electrons. The second-order valence-corrected chi connectivity index (χ2v) is 5.56. The number of halogens is 3. The third kappa shape index (κ3) is 5.66. The summed E-state index contributed by atoms with van der Waals surface area (Å²) in [7, 11) is 3.06.